The van der Waals surface area contributed by atoms with Gasteiger partial charge in [0.15, 0.2) is 6.10 Å². The fourth-order valence-electron chi connectivity index (χ4n) is 8.29. The molecule has 0 aromatic rings. The van der Waals surface area contributed by atoms with E-state index in [0.29, 0.717) is 19.3 Å². The van der Waals surface area contributed by atoms with Crippen molar-refractivity contribution in [3.8, 4) is 0 Å². The lowest BCUT2D eigenvalue weighted by atomic mass is 10.0. The average molecular weight is 964 g/mol. The van der Waals surface area contributed by atoms with Crippen LogP contribution in [0.25, 0.3) is 0 Å². The summed E-state index contributed by atoms with van der Waals surface area (Å²) in [6, 6.07) is 0. The first-order chi connectivity index (χ1) is 34.0. The Bertz CT molecular complexity index is 1290. The molecule has 69 heavy (non-hydrogen) atoms. The van der Waals surface area contributed by atoms with Crippen molar-refractivity contribution in [1.82, 2.24) is 0 Å². The Hall–Kier alpha value is -3.15. The summed E-state index contributed by atoms with van der Waals surface area (Å²) in [7, 11) is 0. The number of unbranched alkanes of at least 4 members (excludes halogenated alkanes) is 30. The molecule has 0 spiro atoms. The fraction of sp³-hybridized carbons (Fsp3) is 0.762. The summed E-state index contributed by atoms with van der Waals surface area (Å²) in [4.78, 5) is 38.2. The first-order valence-electron chi connectivity index (χ1n) is 29.4. The van der Waals surface area contributed by atoms with E-state index in [1.165, 1.54) is 154 Å². The molecule has 0 heterocycles. The number of ether oxygens (including phenoxy) is 3. The predicted molar refractivity (Wildman–Crippen MR) is 298 cm³/mol. The van der Waals surface area contributed by atoms with Crippen LogP contribution in [0.15, 0.2) is 72.9 Å². The molecule has 0 unspecified atom stereocenters. The van der Waals surface area contributed by atoms with E-state index in [-0.39, 0.29) is 31.1 Å². The summed E-state index contributed by atoms with van der Waals surface area (Å²) in [6.07, 6.45) is 73.2. The summed E-state index contributed by atoms with van der Waals surface area (Å²) >= 11 is 0. The van der Waals surface area contributed by atoms with Gasteiger partial charge in [-0.25, -0.2) is 0 Å². The molecule has 0 saturated carbocycles. The fourth-order valence-corrected chi connectivity index (χ4v) is 8.29. The molecule has 6 heteroatoms. The van der Waals surface area contributed by atoms with Crippen LogP contribution in [0.2, 0.25) is 0 Å². The molecule has 0 radical (unpaired) electrons. The van der Waals surface area contributed by atoms with Crippen molar-refractivity contribution in [2.24, 2.45) is 0 Å². The van der Waals surface area contributed by atoms with E-state index in [2.05, 4.69) is 93.7 Å². The lowest BCUT2D eigenvalue weighted by Crippen LogP contribution is -2.30. The minimum absolute atomic E-state index is 0.0877. The van der Waals surface area contributed by atoms with Gasteiger partial charge in [-0.3, -0.25) is 14.4 Å². The van der Waals surface area contributed by atoms with Gasteiger partial charge in [-0.05, 0) is 89.9 Å². The van der Waals surface area contributed by atoms with E-state index in [1.54, 1.807) is 0 Å². The molecule has 0 aliphatic carbocycles. The number of esters is 3. The highest BCUT2D eigenvalue weighted by Crippen LogP contribution is 2.16. The third-order valence-corrected chi connectivity index (χ3v) is 12.7. The van der Waals surface area contributed by atoms with E-state index >= 15 is 0 Å². The van der Waals surface area contributed by atoms with Crippen LogP contribution in [0.1, 0.15) is 290 Å². The number of hydrogen-bond acceptors (Lipinski definition) is 6. The van der Waals surface area contributed by atoms with Crippen molar-refractivity contribution in [2.45, 2.75) is 297 Å². The van der Waals surface area contributed by atoms with Gasteiger partial charge in [0.1, 0.15) is 13.2 Å². The van der Waals surface area contributed by atoms with Crippen LogP contribution in [0.4, 0.5) is 0 Å². The maximum Gasteiger partial charge on any atom is 0.306 e. The number of carbonyl (C=O) groups is 3. The van der Waals surface area contributed by atoms with Gasteiger partial charge < -0.3 is 14.2 Å². The minimum atomic E-state index is -0.793. The Morgan fingerprint density at radius 2 is 0.565 bits per heavy atom. The zero-order valence-corrected chi connectivity index (χ0v) is 45.6. The second-order valence-electron chi connectivity index (χ2n) is 19.5. The van der Waals surface area contributed by atoms with Gasteiger partial charge in [-0.15, -0.1) is 0 Å². The van der Waals surface area contributed by atoms with Crippen molar-refractivity contribution in [3.05, 3.63) is 72.9 Å². The Morgan fingerprint density at radius 1 is 0.304 bits per heavy atom. The van der Waals surface area contributed by atoms with Crippen LogP contribution in [-0.2, 0) is 28.6 Å². The summed E-state index contributed by atoms with van der Waals surface area (Å²) < 4.78 is 16.9. The smallest absolute Gasteiger partial charge is 0.306 e. The predicted octanol–water partition coefficient (Wildman–Crippen LogP) is 19.8. The second-order valence-corrected chi connectivity index (χ2v) is 19.5. The SMILES string of the molecule is CC/C=C\C/C=C\C/C=C\C/C=C\C/C=C\CCCCCC(=O)O[C@H](COC(=O)CCCCCCCCC/C=C\CCCCCC)COC(=O)CCCCCCCCCCCCCCCCCCC. The molecule has 0 N–H and O–H groups in total. The lowest BCUT2D eigenvalue weighted by molar-refractivity contribution is -0.167. The highest BCUT2D eigenvalue weighted by Gasteiger charge is 2.19. The quantitative estimate of drug-likeness (QED) is 0.0262. The Labute approximate surface area is 427 Å². The molecule has 0 aromatic heterocycles. The topological polar surface area (TPSA) is 78.9 Å². The number of carbonyl (C=O) groups excluding carboxylic acids is 3. The molecule has 0 aliphatic rings. The van der Waals surface area contributed by atoms with Crippen LogP contribution >= 0.6 is 0 Å². The number of allylic oxidation sites excluding steroid dienone is 12. The van der Waals surface area contributed by atoms with Gasteiger partial charge in [0.25, 0.3) is 0 Å². The largest absolute Gasteiger partial charge is 0.462 e. The van der Waals surface area contributed by atoms with Crippen LogP contribution in [-0.4, -0.2) is 37.2 Å². The zero-order chi connectivity index (χ0) is 50.0. The van der Waals surface area contributed by atoms with Gasteiger partial charge in [0, 0.05) is 19.3 Å². The molecular weight excluding hydrogens is 853 g/mol. The Balaban J connectivity index is 4.43. The first kappa shape index (κ1) is 65.8. The van der Waals surface area contributed by atoms with E-state index in [9.17, 15) is 14.4 Å². The lowest BCUT2D eigenvalue weighted by Gasteiger charge is -2.18. The monoisotopic (exact) mass is 963 g/mol. The Kier molecular flexibility index (Phi) is 54.8. The van der Waals surface area contributed by atoms with E-state index in [0.717, 1.165) is 96.3 Å². The second kappa shape index (κ2) is 57.4. The van der Waals surface area contributed by atoms with Crippen LogP contribution in [0.5, 0.6) is 0 Å². The summed E-state index contributed by atoms with van der Waals surface area (Å²) in [6.45, 7) is 6.51. The molecule has 0 amide bonds. The first-order valence-corrected chi connectivity index (χ1v) is 29.4. The van der Waals surface area contributed by atoms with Gasteiger partial charge in [-0.2, -0.15) is 0 Å². The molecule has 0 saturated heterocycles. The highest BCUT2D eigenvalue weighted by atomic mass is 16.6. The molecule has 0 rings (SSSR count). The van der Waals surface area contributed by atoms with Crippen molar-refractivity contribution < 1.29 is 28.6 Å². The molecule has 0 fully saturated rings. The van der Waals surface area contributed by atoms with Crippen LogP contribution < -0.4 is 0 Å². The molecule has 0 bridgehead atoms. The maximum absolute atomic E-state index is 12.9. The maximum atomic E-state index is 12.9. The summed E-state index contributed by atoms with van der Waals surface area (Å²) in [5, 5.41) is 0. The molecular formula is C63H110O6. The van der Waals surface area contributed by atoms with Gasteiger partial charge in [0.2, 0.25) is 0 Å². The molecule has 6 nitrogen and oxygen atoms in total. The standard InChI is InChI=1S/C63H110O6/c1-4-7-10-13-16-19-22-25-28-30-31-33-36-39-42-45-48-51-54-57-63(66)69-60(58-67-61(64)55-52-49-46-43-40-37-34-27-24-21-18-15-12-9-6-3)59-68-62(65)56-53-50-47-44-41-38-35-32-29-26-23-20-17-14-11-8-5-2/h7,10,16,19,21,24-25,28,31,33,39,42,60H,4-6,8-9,11-15,17-18,20,22-23,26-27,29-30,32,34-38,40-41,43-59H2,1-3H3/b10-7-,19-16-,24-21-,28-25-,33-31-,42-39-/t60-/m1/s1. The van der Waals surface area contributed by atoms with Crippen molar-refractivity contribution >= 4 is 17.9 Å². The third-order valence-electron chi connectivity index (χ3n) is 12.7. The van der Waals surface area contributed by atoms with Gasteiger partial charge >= 0.3 is 17.9 Å². The van der Waals surface area contributed by atoms with Crippen LogP contribution in [0.3, 0.4) is 0 Å². The van der Waals surface area contributed by atoms with E-state index in [1.807, 2.05) is 0 Å². The summed E-state index contributed by atoms with van der Waals surface area (Å²) in [5.41, 5.74) is 0. The summed E-state index contributed by atoms with van der Waals surface area (Å²) in [5.74, 6) is -0.913. The number of hydrogen-bond donors (Lipinski definition) is 0. The van der Waals surface area contributed by atoms with Crippen molar-refractivity contribution in [2.75, 3.05) is 13.2 Å². The van der Waals surface area contributed by atoms with Crippen molar-refractivity contribution in [1.29, 1.82) is 0 Å². The van der Waals surface area contributed by atoms with Crippen molar-refractivity contribution in [3.63, 3.8) is 0 Å². The molecule has 398 valence electrons. The minimum Gasteiger partial charge on any atom is -0.462 e. The normalized spacial score (nSPS) is 12.6. The highest BCUT2D eigenvalue weighted by molar-refractivity contribution is 5.71. The van der Waals surface area contributed by atoms with E-state index in [4.69, 9.17) is 14.2 Å². The molecule has 1 atom stereocenters. The molecule has 0 aliphatic heterocycles. The molecule has 0 aromatic carbocycles. The third kappa shape index (κ3) is 55.6. The van der Waals surface area contributed by atoms with Gasteiger partial charge in [-0.1, -0.05) is 254 Å². The average Bonchev–Trinajstić information content (AvgIpc) is 3.35. The van der Waals surface area contributed by atoms with Gasteiger partial charge in [0.05, 0.1) is 0 Å². The zero-order valence-electron chi connectivity index (χ0n) is 45.6. The van der Waals surface area contributed by atoms with E-state index < -0.39 is 6.10 Å². The Morgan fingerprint density at radius 3 is 0.928 bits per heavy atom. The number of rotatable bonds is 53. The van der Waals surface area contributed by atoms with Crippen LogP contribution in [0, 0.1) is 0 Å².